The molecule has 0 atom stereocenters. The van der Waals surface area contributed by atoms with E-state index in [9.17, 15) is 4.79 Å². The van der Waals surface area contributed by atoms with Gasteiger partial charge in [0.15, 0.2) is 0 Å². The Hall–Kier alpha value is -2.27. The normalized spacial score (nSPS) is 11.1. The lowest BCUT2D eigenvalue weighted by atomic mass is 10.0. The number of aryl methyl sites for hydroxylation is 1. The number of hydrogen-bond acceptors (Lipinski definition) is 4. The monoisotopic (exact) mass is 311 g/mol. The Morgan fingerprint density at radius 1 is 1.09 bits per heavy atom. The van der Waals surface area contributed by atoms with E-state index in [1.165, 1.54) is 5.56 Å². The molecule has 5 heteroatoms. The first-order valence-electron chi connectivity index (χ1n) is 7.19. The van der Waals surface area contributed by atoms with Crippen LogP contribution in [0.15, 0.2) is 36.4 Å². The number of nitrogens with zero attached hydrogens (tertiary/aromatic N) is 2. The van der Waals surface area contributed by atoms with Crippen LogP contribution < -0.4 is 5.32 Å². The van der Waals surface area contributed by atoms with Gasteiger partial charge in [-0.3, -0.25) is 4.79 Å². The van der Waals surface area contributed by atoms with E-state index in [1.54, 1.807) is 0 Å². The van der Waals surface area contributed by atoms with Crippen LogP contribution in [0, 0.1) is 6.92 Å². The molecule has 0 aliphatic heterocycles. The van der Waals surface area contributed by atoms with Gasteiger partial charge in [-0.2, -0.15) is 8.75 Å². The number of rotatable bonds is 3. The summed E-state index contributed by atoms with van der Waals surface area (Å²) in [7, 11) is 0. The average molecular weight is 311 g/mol. The summed E-state index contributed by atoms with van der Waals surface area (Å²) in [4.78, 5) is 12.5. The van der Waals surface area contributed by atoms with Crippen molar-refractivity contribution in [1.29, 1.82) is 0 Å². The Labute approximate surface area is 133 Å². The molecule has 112 valence electrons. The summed E-state index contributed by atoms with van der Waals surface area (Å²) in [5.74, 6) is 0.327. The minimum atomic E-state index is -0.126. The lowest BCUT2D eigenvalue weighted by Crippen LogP contribution is -2.13. The summed E-state index contributed by atoms with van der Waals surface area (Å²) in [6, 6.07) is 11.6. The van der Waals surface area contributed by atoms with Gasteiger partial charge in [0.1, 0.15) is 11.0 Å². The van der Waals surface area contributed by atoms with E-state index in [4.69, 9.17) is 0 Å². The molecule has 0 saturated carbocycles. The van der Waals surface area contributed by atoms with Gasteiger partial charge in [0.2, 0.25) is 0 Å². The summed E-state index contributed by atoms with van der Waals surface area (Å²) in [5, 5.41) is 2.97. The summed E-state index contributed by atoms with van der Waals surface area (Å²) in [6.07, 6.45) is 0. The zero-order valence-corrected chi connectivity index (χ0v) is 13.6. The predicted octanol–water partition coefficient (Wildman–Crippen LogP) is 4.38. The van der Waals surface area contributed by atoms with Crippen molar-refractivity contribution in [3.05, 3.63) is 53.1 Å². The zero-order valence-electron chi connectivity index (χ0n) is 12.8. The first-order valence-corrected chi connectivity index (χ1v) is 7.92. The van der Waals surface area contributed by atoms with Crippen LogP contribution in [0.3, 0.4) is 0 Å². The van der Waals surface area contributed by atoms with E-state index in [1.807, 2.05) is 43.3 Å². The highest BCUT2D eigenvalue weighted by molar-refractivity contribution is 7.00. The standard InChI is InChI=1S/C17H17N3OS/c1-10(2)12-5-7-13(8-6-12)17(21)18-15-11(3)4-9-14-16(15)20-22-19-14/h4-10H,1-3H3,(H,18,21). The summed E-state index contributed by atoms with van der Waals surface area (Å²) in [6.45, 7) is 6.22. The van der Waals surface area contributed by atoms with Crippen molar-refractivity contribution in [2.45, 2.75) is 26.7 Å². The van der Waals surface area contributed by atoms with E-state index in [0.717, 1.165) is 34.0 Å². The molecule has 1 N–H and O–H groups in total. The number of hydrogen-bond donors (Lipinski definition) is 1. The van der Waals surface area contributed by atoms with Gasteiger partial charge in [-0.1, -0.05) is 32.0 Å². The van der Waals surface area contributed by atoms with Crippen molar-refractivity contribution in [3.8, 4) is 0 Å². The first-order chi connectivity index (χ1) is 10.6. The molecule has 0 aliphatic carbocycles. The van der Waals surface area contributed by atoms with E-state index >= 15 is 0 Å². The highest BCUT2D eigenvalue weighted by Gasteiger charge is 2.13. The van der Waals surface area contributed by atoms with Gasteiger partial charge in [0, 0.05) is 5.56 Å². The smallest absolute Gasteiger partial charge is 0.255 e. The molecular weight excluding hydrogens is 294 g/mol. The lowest BCUT2D eigenvalue weighted by Gasteiger charge is -2.10. The molecule has 22 heavy (non-hydrogen) atoms. The van der Waals surface area contributed by atoms with E-state index in [0.29, 0.717) is 11.5 Å². The molecule has 1 aromatic heterocycles. The summed E-state index contributed by atoms with van der Waals surface area (Å²) < 4.78 is 8.49. The van der Waals surface area contributed by atoms with Crippen molar-refractivity contribution >= 4 is 34.4 Å². The molecule has 0 unspecified atom stereocenters. The molecule has 3 aromatic rings. The molecule has 0 spiro atoms. The molecule has 0 bridgehead atoms. The molecule has 0 aliphatic rings. The number of nitrogens with one attached hydrogen (secondary N) is 1. The molecule has 1 heterocycles. The number of benzene rings is 2. The van der Waals surface area contributed by atoms with Gasteiger partial charge in [0.25, 0.3) is 5.91 Å². The van der Waals surface area contributed by atoms with Crippen LogP contribution in [0.5, 0.6) is 0 Å². The van der Waals surface area contributed by atoms with Crippen LogP contribution in [0.25, 0.3) is 11.0 Å². The van der Waals surface area contributed by atoms with E-state index in [-0.39, 0.29) is 5.91 Å². The van der Waals surface area contributed by atoms with Crippen LogP contribution in [0.4, 0.5) is 5.69 Å². The Morgan fingerprint density at radius 2 is 1.82 bits per heavy atom. The lowest BCUT2D eigenvalue weighted by molar-refractivity contribution is 0.102. The molecule has 1 amide bonds. The van der Waals surface area contributed by atoms with Gasteiger partial charge in [-0.05, 0) is 42.2 Å². The molecule has 3 rings (SSSR count). The minimum Gasteiger partial charge on any atom is -0.320 e. The van der Waals surface area contributed by atoms with Gasteiger partial charge < -0.3 is 5.32 Å². The van der Waals surface area contributed by atoms with Gasteiger partial charge in [0.05, 0.1) is 17.4 Å². The summed E-state index contributed by atoms with van der Waals surface area (Å²) in [5.41, 5.74) is 5.14. The second-order valence-corrected chi connectivity index (χ2v) is 6.15. The second-order valence-electron chi connectivity index (χ2n) is 5.62. The quantitative estimate of drug-likeness (QED) is 0.781. The zero-order chi connectivity index (χ0) is 15.7. The number of aromatic nitrogens is 2. The number of carbonyl (C=O) groups excluding carboxylic acids is 1. The highest BCUT2D eigenvalue weighted by Crippen LogP contribution is 2.26. The van der Waals surface area contributed by atoms with Crippen LogP contribution in [-0.2, 0) is 0 Å². The fraction of sp³-hybridized carbons (Fsp3) is 0.235. The molecule has 0 fully saturated rings. The van der Waals surface area contributed by atoms with Crippen molar-refractivity contribution < 1.29 is 4.79 Å². The van der Waals surface area contributed by atoms with Crippen molar-refractivity contribution in [2.24, 2.45) is 0 Å². The van der Waals surface area contributed by atoms with E-state index in [2.05, 4.69) is 27.9 Å². The molecule has 2 aromatic carbocycles. The fourth-order valence-corrected chi connectivity index (χ4v) is 2.86. The Kier molecular flexibility index (Phi) is 3.90. The topological polar surface area (TPSA) is 54.9 Å². The van der Waals surface area contributed by atoms with Gasteiger partial charge in [-0.15, -0.1) is 0 Å². The number of amides is 1. The van der Waals surface area contributed by atoms with Gasteiger partial charge in [-0.25, -0.2) is 0 Å². The van der Waals surface area contributed by atoms with Crippen molar-refractivity contribution in [2.75, 3.05) is 5.32 Å². The van der Waals surface area contributed by atoms with Crippen molar-refractivity contribution in [1.82, 2.24) is 8.75 Å². The second kappa shape index (κ2) is 5.85. The van der Waals surface area contributed by atoms with Crippen LogP contribution in [0.2, 0.25) is 0 Å². The number of anilines is 1. The first kappa shape index (κ1) is 14.7. The number of fused-ring (bicyclic) bond motifs is 1. The third-order valence-corrected chi connectivity index (χ3v) is 4.26. The van der Waals surface area contributed by atoms with Gasteiger partial charge >= 0.3 is 0 Å². The molecule has 4 nitrogen and oxygen atoms in total. The maximum Gasteiger partial charge on any atom is 0.255 e. The average Bonchev–Trinajstić information content (AvgIpc) is 2.99. The number of carbonyl (C=O) groups is 1. The SMILES string of the molecule is Cc1ccc2nsnc2c1NC(=O)c1ccc(C(C)C)cc1. The molecular formula is C17H17N3OS. The van der Waals surface area contributed by atoms with Crippen LogP contribution in [0.1, 0.15) is 41.3 Å². The highest BCUT2D eigenvalue weighted by atomic mass is 32.1. The maximum atomic E-state index is 12.5. The largest absolute Gasteiger partial charge is 0.320 e. The predicted molar refractivity (Wildman–Crippen MR) is 90.6 cm³/mol. The van der Waals surface area contributed by atoms with Crippen molar-refractivity contribution in [3.63, 3.8) is 0 Å². The third kappa shape index (κ3) is 2.72. The maximum absolute atomic E-state index is 12.5. The Bertz CT molecular complexity index is 822. The third-order valence-electron chi connectivity index (χ3n) is 3.71. The minimum absolute atomic E-state index is 0.126. The Morgan fingerprint density at radius 3 is 2.50 bits per heavy atom. The summed E-state index contributed by atoms with van der Waals surface area (Å²) >= 11 is 1.15. The fourth-order valence-electron chi connectivity index (χ4n) is 2.32. The van der Waals surface area contributed by atoms with Crippen LogP contribution >= 0.6 is 11.7 Å². The van der Waals surface area contributed by atoms with Crippen LogP contribution in [-0.4, -0.2) is 14.7 Å². The Balaban J connectivity index is 1.89. The molecule has 0 radical (unpaired) electrons. The van der Waals surface area contributed by atoms with E-state index < -0.39 is 0 Å². The molecule has 0 saturated heterocycles.